The molecule has 0 aliphatic carbocycles. The van der Waals surface area contributed by atoms with Gasteiger partial charge in [-0.05, 0) is 45.4 Å². The minimum absolute atomic E-state index is 0.199. The van der Waals surface area contributed by atoms with E-state index in [1.807, 2.05) is 0 Å². The lowest BCUT2D eigenvalue weighted by Crippen LogP contribution is -2.45. The molecule has 176 valence electrons. The quantitative estimate of drug-likeness (QED) is 0.292. The number of aromatic nitrogens is 1. The van der Waals surface area contributed by atoms with Crippen molar-refractivity contribution in [3.8, 4) is 12.3 Å². The van der Waals surface area contributed by atoms with Crippen LogP contribution >= 0.6 is 0 Å². The van der Waals surface area contributed by atoms with Crippen molar-refractivity contribution in [1.82, 2.24) is 9.88 Å². The highest BCUT2D eigenvalue weighted by atomic mass is 19.4. The summed E-state index contributed by atoms with van der Waals surface area (Å²) in [6.07, 6.45) is 0.499. The lowest BCUT2D eigenvalue weighted by atomic mass is 10.0. The number of carbonyl (C=O) groups is 3. The van der Waals surface area contributed by atoms with Gasteiger partial charge in [0.05, 0.1) is 11.1 Å². The monoisotopic (exact) mass is 469 g/mol. The molecule has 0 saturated heterocycles. The van der Waals surface area contributed by atoms with Crippen LogP contribution in [0.3, 0.4) is 0 Å². The molecule has 0 radical (unpaired) electrons. The number of hydrogen-bond acceptors (Lipinski definition) is 3. The molecule has 0 saturated carbocycles. The van der Waals surface area contributed by atoms with Crippen molar-refractivity contribution in [2.24, 2.45) is 0 Å². The first kappa shape index (κ1) is 25.6. The molecule has 2 amide bonds. The van der Waals surface area contributed by atoms with E-state index < -0.39 is 58.7 Å². The van der Waals surface area contributed by atoms with E-state index in [2.05, 4.69) is 16.6 Å². The van der Waals surface area contributed by atoms with E-state index in [9.17, 15) is 36.3 Å². The summed E-state index contributed by atoms with van der Waals surface area (Å²) >= 11 is 0. The highest BCUT2D eigenvalue weighted by Crippen LogP contribution is 2.28. The molecule has 11 heteroatoms. The second kappa shape index (κ2) is 9.05. The third kappa shape index (κ3) is 5.77. The van der Waals surface area contributed by atoms with E-state index in [-0.39, 0.29) is 16.9 Å². The number of Topliss-reactive ketones (excluding diaryl/α,β-unsaturated/α-hetero) is 1. The van der Waals surface area contributed by atoms with Crippen molar-refractivity contribution in [2.45, 2.75) is 46.0 Å². The Labute approximate surface area is 186 Å². The van der Waals surface area contributed by atoms with Crippen LogP contribution in [0.15, 0.2) is 18.2 Å². The highest BCUT2D eigenvalue weighted by Gasteiger charge is 2.36. The van der Waals surface area contributed by atoms with E-state index in [4.69, 9.17) is 6.42 Å². The van der Waals surface area contributed by atoms with Crippen molar-refractivity contribution >= 4 is 23.3 Å². The van der Waals surface area contributed by atoms with Crippen molar-refractivity contribution in [2.75, 3.05) is 5.32 Å². The van der Waals surface area contributed by atoms with E-state index in [0.29, 0.717) is 10.6 Å². The van der Waals surface area contributed by atoms with Gasteiger partial charge in [-0.25, -0.2) is 8.78 Å². The minimum Gasteiger partial charge on any atom is -0.333 e. The molecule has 0 unspecified atom stereocenters. The van der Waals surface area contributed by atoms with Gasteiger partial charge in [-0.3, -0.25) is 14.4 Å². The van der Waals surface area contributed by atoms with Gasteiger partial charge in [-0.1, -0.05) is 5.92 Å². The smallest absolute Gasteiger partial charge is 0.333 e. The second-order valence-corrected chi connectivity index (χ2v) is 7.77. The van der Waals surface area contributed by atoms with Crippen LogP contribution in [0.4, 0.5) is 27.6 Å². The van der Waals surface area contributed by atoms with Crippen LogP contribution in [-0.4, -0.2) is 33.9 Å². The molecule has 0 fully saturated rings. The van der Waals surface area contributed by atoms with Crippen LogP contribution < -0.4 is 10.6 Å². The Morgan fingerprint density at radius 3 is 2.21 bits per heavy atom. The zero-order chi connectivity index (χ0) is 25.3. The summed E-state index contributed by atoms with van der Waals surface area (Å²) < 4.78 is 66.8. The van der Waals surface area contributed by atoms with Crippen LogP contribution in [0.1, 0.15) is 46.0 Å². The van der Waals surface area contributed by atoms with Gasteiger partial charge >= 0.3 is 6.18 Å². The summed E-state index contributed by atoms with van der Waals surface area (Å²) in [6.45, 7) is 3.60. The van der Waals surface area contributed by atoms with Gasteiger partial charge in [-0.15, -0.1) is 6.42 Å². The number of nitrogens with one attached hydrogen (secondary N) is 2. The number of ketones is 1. The fourth-order valence-corrected chi connectivity index (χ4v) is 3.15. The topological polar surface area (TPSA) is 80.2 Å². The lowest BCUT2D eigenvalue weighted by molar-refractivity contribution is -0.141. The lowest BCUT2D eigenvalue weighted by Gasteiger charge is -2.19. The van der Waals surface area contributed by atoms with E-state index >= 15 is 0 Å². The molecule has 6 nitrogen and oxygen atoms in total. The third-order valence-corrected chi connectivity index (χ3v) is 4.72. The molecule has 0 bridgehead atoms. The third-order valence-electron chi connectivity index (χ3n) is 4.72. The van der Waals surface area contributed by atoms with E-state index in [1.165, 1.54) is 20.8 Å². The maximum absolute atomic E-state index is 13.5. The molecule has 0 atom stereocenters. The molecule has 2 rings (SSSR count). The summed E-state index contributed by atoms with van der Waals surface area (Å²) in [5.74, 6) is -3.68. The second-order valence-electron chi connectivity index (χ2n) is 7.77. The highest BCUT2D eigenvalue weighted by molar-refractivity contribution is 6.43. The maximum Gasteiger partial charge on any atom is 0.406 e. The Balaban J connectivity index is 2.56. The van der Waals surface area contributed by atoms with Crippen LogP contribution in [0.2, 0.25) is 0 Å². The first-order valence-electron chi connectivity index (χ1n) is 9.45. The van der Waals surface area contributed by atoms with Gasteiger partial charge in [0.15, 0.2) is 11.6 Å². The number of benzene rings is 1. The number of anilines is 1. The van der Waals surface area contributed by atoms with Crippen molar-refractivity contribution in [3.63, 3.8) is 0 Å². The Bertz CT molecular complexity index is 1170. The predicted molar refractivity (Wildman–Crippen MR) is 110 cm³/mol. The fourth-order valence-electron chi connectivity index (χ4n) is 3.15. The van der Waals surface area contributed by atoms with Gasteiger partial charge in [-0.2, -0.15) is 13.2 Å². The van der Waals surface area contributed by atoms with Crippen LogP contribution in [0.5, 0.6) is 0 Å². The minimum atomic E-state index is -4.78. The SMILES string of the molecule is C#CC(C)(C)NC(=O)C(=O)c1c(C)c(C(=O)Nc2ccc(F)c(F)c2)n(CC(F)(F)F)c1C. The largest absolute Gasteiger partial charge is 0.406 e. The summed E-state index contributed by atoms with van der Waals surface area (Å²) in [4.78, 5) is 38.0. The van der Waals surface area contributed by atoms with Gasteiger partial charge in [0, 0.05) is 17.4 Å². The molecule has 0 aliphatic rings. The zero-order valence-electron chi connectivity index (χ0n) is 18.1. The average molecular weight is 469 g/mol. The average Bonchev–Trinajstić information content (AvgIpc) is 2.92. The summed E-state index contributed by atoms with van der Waals surface area (Å²) in [7, 11) is 0. The molecule has 2 N–H and O–H groups in total. The summed E-state index contributed by atoms with van der Waals surface area (Å²) in [5.41, 5.74) is -2.89. The molecule has 1 aromatic carbocycles. The number of nitrogens with zero attached hydrogens (tertiary/aromatic N) is 1. The van der Waals surface area contributed by atoms with Gasteiger partial charge in [0.2, 0.25) is 0 Å². The normalized spacial score (nSPS) is 11.6. The van der Waals surface area contributed by atoms with E-state index in [1.54, 1.807) is 0 Å². The molecule has 2 aromatic rings. The number of alkyl halides is 3. The first-order chi connectivity index (χ1) is 15.1. The maximum atomic E-state index is 13.5. The van der Waals surface area contributed by atoms with Crippen molar-refractivity contribution < 1.29 is 36.3 Å². The van der Waals surface area contributed by atoms with Crippen LogP contribution in [-0.2, 0) is 11.3 Å². The Hall–Kier alpha value is -3.68. The fraction of sp³-hybridized carbons (Fsp3) is 0.318. The number of halogens is 5. The van der Waals surface area contributed by atoms with Crippen molar-refractivity contribution in [3.05, 3.63) is 52.3 Å². The number of amides is 2. The number of hydrogen-bond donors (Lipinski definition) is 2. The Morgan fingerprint density at radius 1 is 1.09 bits per heavy atom. The van der Waals surface area contributed by atoms with Crippen LogP contribution in [0.25, 0.3) is 0 Å². The number of rotatable bonds is 6. The summed E-state index contributed by atoms with van der Waals surface area (Å²) in [6, 6.07) is 2.38. The first-order valence-corrected chi connectivity index (χ1v) is 9.45. The van der Waals surface area contributed by atoms with Gasteiger partial charge < -0.3 is 15.2 Å². The predicted octanol–water partition coefficient (Wildman–Crippen LogP) is 3.91. The summed E-state index contributed by atoms with van der Waals surface area (Å²) in [5, 5.41) is 4.46. The zero-order valence-corrected chi connectivity index (χ0v) is 18.1. The molecule has 33 heavy (non-hydrogen) atoms. The molecule has 1 aromatic heterocycles. The van der Waals surface area contributed by atoms with Crippen LogP contribution in [0, 0.1) is 37.8 Å². The molecule has 0 aliphatic heterocycles. The molecular weight excluding hydrogens is 449 g/mol. The Kier molecular flexibility index (Phi) is 7.02. The van der Waals surface area contributed by atoms with E-state index in [0.717, 1.165) is 19.1 Å². The van der Waals surface area contributed by atoms with Gasteiger partial charge in [0.25, 0.3) is 17.6 Å². The number of carbonyl (C=O) groups excluding carboxylic acids is 3. The Morgan fingerprint density at radius 2 is 1.70 bits per heavy atom. The molecule has 1 heterocycles. The number of terminal acetylenes is 1. The standard InChI is InChI=1S/C22H20F5N3O3/c1-6-21(4,5)29-20(33)18(31)16-11(2)17(30(12(16)3)10-22(25,26)27)19(32)28-13-7-8-14(23)15(24)9-13/h1,7-9H,10H2,2-5H3,(H,28,32)(H,29,33). The molecular formula is C22H20F5N3O3. The van der Waals surface area contributed by atoms with Crippen molar-refractivity contribution in [1.29, 1.82) is 0 Å². The molecule has 0 spiro atoms. The van der Waals surface area contributed by atoms with Gasteiger partial charge in [0.1, 0.15) is 12.2 Å².